The highest BCUT2D eigenvalue weighted by Crippen LogP contribution is 2.26. The predicted molar refractivity (Wildman–Crippen MR) is 79.7 cm³/mol. The van der Waals surface area contributed by atoms with Crippen molar-refractivity contribution in [1.29, 1.82) is 5.26 Å². The van der Waals surface area contributed by atoms with Gasteiger partial charge in [-0.2, -0.15) is 5.26 Å². The summed E-state index contributed by atoms with van der Waals surface area (Å²) in [5, 5.41) is 9.17. The molecule has 1 atom stereocenters. The van der Waals surface area contributed by atoms with E-state index in [0.29, 0.717) is 17.9 Å². The van der Waals surface area contributed by atoms with E-state index < -0.39 is 0 Å². The molecule has 5 heteroatoms. The molecule has 1 unspecified atom stereocenters. The molecule has 1 aromatic heterocycles. The zero-order valence-electron chi connectivity index (χ0n) is 12.2. The molecule has 1 aromatic rings. The van der Waals surface area contributed by atoms with Crippen LogP contribution in [0, 0.1) is 17.2 Å². The molecule has 2 aliphatic heterocycles. The average molecular weight is 284 g/mol. The number of likely N-dealkylation sites (tertiary alicyclic amines) is 1. The molecular weight excluding hydrogens is 264 g/mol. The van der Waals surface area contributed by atoms with Crippen LogP contribution in [-0.4, -0.2) is 42.0 Å². The summed E-state index contributed by atoms with van der Waals surface area (Å²) in [4.78, 5) is 21.0. The number of piperidine rings is 1. The lowest BCUT2D eigenvalue weighted by Gasteiger charge is -2.29. The highest BCUT2D eigenvalue weighted by Gasteiger charge is 2.33. The summed E-state index contributed by atoms with van der Waals surface area (Å²) in [6, 6.07) is 5.73. The summed E-state index contributed by atoms with van der Waals surface area (Å²) in [5.74, 6) is 1.05. The fourth-order valence-corrected chi connectivity index (χ4v) is 3.26. The predicted octanol–water partition coefficient (Wildman–Crippen LogP) is 1.79. The number of hydrogen-bond acceptors (Lipinski definition) is 4. The van der Waals surface area contributed by atoms with Crippen LogP contribution in [-0.2, 0) is 4.79 Å². The molecule has 0 aromatic carbocycles. The number of amides is 1. The maximum atomic E-state index is 12.5. The molecule has 2 aliphatic rings. The van der Waals surface area contributed by atoms with Crippen molar-refractivity contribution < 1.29 is 4.79 Å². The smallest absolute Gasteiger partial charge is 0.227 e. The number of anilines is 1. The van der Waals surface area contributed by atoms with Gasteiger partial charge in [-0.15, -0.1) is 0 Å². The lowest BCUT2D eigenvalue weighted by atomic mass is 10.0. The minimum atomic E-state index is 0.0525. The molecule has 5 nitrogen and oxygen atoms in total. The van der Waals surface area contributed by atoms with E-state index in [1.807, 2.05) is 4.90 Å². The summed E-state index contributed by atoms with van der Waals surface area (Å²) < 4.78 is 0. The van der Waals surface area contributed by atoms with Crippen LogP contribution in [0.15, 0.2) is 18.3 Å². The van der Waals surface area contributed by atoms with Crippen molar-refractivity contribution in [2.24, 2.45) is 5.92 Å². The summed E-state index contributed by atoms with van der Waals surface area (Å²) in [6.07, 6.45) is 6.05. The van der Waals surface area contributed by atoms with Crippen LogP contribution in [0.3, 0.4) is 0 Å². The molecule has 2 fully saturated rings. The Balaban J connectivity index is 1.68. The van der Waals surface area contributed by atoms with Crippen LogP contribution < -0.4 is 4.90 Å². The first kappa shape index (κ1) is 13.9. The second-order valence-corrected chi connectivity index (χ2v) is 5.80. The lowest BCUT2D eigenvalue weighted by molar-refractivity contribution is -0.135. The molecular formula is C16H20N4O. The van der Waals surface area contributed by atoms with Crippen molar-refractivity contribution in [1.82, 2.24) is 9.88 Å². The van der Waals surface area contributed by atoms with Crippen LogP contribution in [0.25, 0.3) is 0 Å². The normalized spacial score (nSPS) is 22.1. The highest BCUT2D eigenvalue weighted by molar-refractivity contribution is 5.80. The van der Waals surface area contributed by atoms with Gasteiger partial charge in [0.1, 0.15) is 11.9 Å². The SMILES string of the molecule is N#Cc1cccnc1N1CCC(C(=O)N2CCCCC2)C1. The van der Waals surface area contributed by atoms with Gasteiger partial charge in [0.2, 0.25) is 5.91 Å². The molecule has 0 radical (unpaired) electrons. The third kappa shape index (κ3) is 2.85. The first-order valence-electron chi connectivity index (χ1n) is 7.68. The van der Waals surface area contributed by atoms with Crippen molar-refractivity contribution >= 4 is 11.7 Å². The van der Waals surface area contributed by atoms with Gasteiger partial charge in [0.05, 0.1) is 11.5 Å². The number of nitrogens with zero attached hydrogens (tertiary/aromatic N) is 4. The maximum absolute atomic E-state index is 12.5. The van der Waals surface area contributed by atoms with E-state index in [2.05, 4.69) is 16.0 Å². The fraction of sp³-hybridized carbons (Fsp3) is 0.562. The third-order valence-corrected chi connectivity index (χ3v) is 4.41. The Bertz CT molecular complexity index is 560. The molecule has 3 heterocycles. The number of nitriles is 1. The highest BCUT2D eigenvalue weighted by atomic mass is 16.2. The molecule has 2 saturated heterocycles. The van der Waals surface area contributed by atoms with E-state index in [-0.39, 0.29) is 11.8 Å². The van der Waals surface area contributed by atoms with E-state index >= 15 is 0 Å². The van der Waals surface area contributed by atoms with Crippen LogP contribution in [0.1, 0.15) is 31.2 Å². The quantitative estimate of drug-likeness (QED) is 0.830. The van der Waals surface area contributed by atoms with Crippen molar-refractivity contribution in [2.45, 2.75) is 25.7 Å². The fourth-order valence-electron chi connectivity index (χ4n) is 3.26. The second-order valence-electron chi connectivity index (χ2n) is 5.80. The van der Waals surface area contributed by atoms with Crippen molar-refractivity contribution in [3.05, 3.63) is 23.9 Å². The van der Waals surface area contributed by atoms with Crippen LogP contribution in [0.2, 0.25) is 0 Å². The average Bonchev–Trinajstić information content (AvgIpc) is 3.04. The number of hydrogen-bond donors (Lipinski definition) is 0. The molecule has 0 aliphatic carbocycles. The second kappa shape index (κ2) is 6.13. The van der Waals surface area contributed by atoms with Gasteiger partial charge in [0.25, 0.3) is 0 Å². The van der Waals surface area contributed by atoms with Gasteiger partial charge in [-0.25, -0.2) is 4.98 Å². The summed E-state index contributed by atoms with van der Waals surface area (Å²) in [6.45, 7) is 3.29. The summed E-state index contributed by atoms with van der Waals surface area (Å²) in [7, 11) is 0. The van der Waals surface area contributed by atoms with E-state index in [9.17, 15) is 4.79 Å². The Morgan fingerprint density at radius 2 is 2.10 bits per heavy atom. The number of pyridine rings is 1. The number of carbonyl (C=O) groups is 1. The minimum absolute atomic E-state index is 0.0525. The van der Waals surface area contributed by atoms with Crippen LogP contribution in [0.5, 0.6) is 0 Å². The molecule has 0 N–H and O–H groups in total. The van der Waals surface area contributed by atoms with Crippen molar-refractivity contribution in [3.63, 3.8) is 0 Å². The van der Waals surface area contributed by atoms with E-state index in [4.69, 9.17) is 5.26 Å². The van der Waals surface area contributed by atoms with Gasteiger partial charge in [-0.05, 0) is 37.8 Å². The first-order valence-corrected chi connectivity index (χ1v) is 7.68. The van der Waals surface area contributed by atoms with Crippen LogP contribution >= 0.6 is 0 Å². The standard InChI is InChI=1S/C16H20N4O/c17-11-13-5-4-7-18-15(13)20-10-6-14(12-20)16(21)19-8-2-1-3-9-19/h4-5,7,14H,1-3,6,8-10,12H2. The Morgan fingerprint density at radius 1 is 1.29 bits per heavy atom. The van der Waals surface area contributed by atoms with E-state index in [0.717, 1.165) is 38.9 Å². The third-order valence-electron chi connectivity index (χ3n) is 4.41. The zero-order valence-corrected chi connectivity index (χ0v) is 12.2. The minimum Gasteiger partial charge on any atom is -0.355 e. The molecule has 3 rings (SSSR count). The summed E-state index contributed by atoms with van der Waals surface area (Å²) >= 11 is 0. The molecule has 21 heavy (non-hydrogen) atoms. The molecule has 1 amide bonds. The maximum Gasteiger partial charge on any atom is 0.227 e. The number of carbonyl (C=O) groups excluding carboxylic acids is 1. The van der Waals surface area contributed by atoms with Gasteiger partial charge in [-0.1, -0.05) is 0 Å². The Hall–Kier alpha value is -2.09. The van der Waals surface area contributed by atoms with Gasteiger partial charge in [0, 0.05) is 32.4 Å². The Labute approximate surface area is 125 Å². The molecule has 0 spiro atoms. The lowest BCUT2D eigenvalue weighted by Crippen LogP contribution is -2.40. The van der Waals surface area contributed by atoms with Crippen LogP contribution in [0.4, 0.5) is 5.82 Å². The van der Waals surface area contributed by atoms with Gasteiger partial charge < -0.3 is 9.80 Å². The largest absolute Gasteiger partial charge is 0.355 e. The summed E-state index contributed by atoms with van der Waals surface area (Å²) in [5.41, 5.74) is 0.587. The van der Waals surface area contributed by atoms with Gasteiger partial charge in [0.15, 0.2) is 0 Å². The van der Waals surface area contributed by atoms with E-state index in [1.165, 1.54) is 6.42 Å². The molecule has 0 saturated carbocycles. The molecule has 0 bridgehead atoms. The zero-order chi connectivity index (χ0) is 14.7. The first-order chi connectivity index (χ1) is 10.3. The number of aromatic nitrogens is 1. The topological polar surface area (TPSA) is 60.2 Å². The number of rotatable bonds is 2. The van der Waals surface area contributed by atoms with Gasteiger partial charge in [-0.3, -0.25) is 4.79 Å². The Morgan fingerprint density at radius 3 is 2.86 bits per heavy atom. The van der Waals surface area contributed by atoms with Crippen molar-refractivity contribution in [3.8, 4) is 6.07 Å². The molecule has 110 valence electrons. The van der Waals surface area contributed by atoms with Gasteiger partial charge >= 0.3 is 0 Å². The monoisotopic (exact) mass is 284 g/mol. The van der Waals surface area contributed by atoms with Crippen molar-refractivity contribution in [2.75, 3.05) is 31.1 Å². The van der Waals surface area contributed by atoms with E-state index in [1.54, 1.807) is 18.3 Å². The Kier molecular flexibility index (Phi) is 4.05.